The highest BCUT2D eigenvalue weighted by molar-refractivity contribution is 7.98. The topological polar surface area (TPSA) is 59.0 Å². The fourth-order valence-electron chi connectivity index (χ4n) is 2.40. The molecule has 122 valence electrons. The minimum atomic E-state index is -0.225. The largest absolute Gasteiger partial charge is 0.334 e. The normalized spacial score (nSPS) is 10.4. The van der Waals surface area contributed by atoms with Crippen LogP contribution in [0.2, 0.25) is 0 Å². The molecule has 0 saturated heterocycles. The van der Waals surface area contributed by atoms with Crippen molar-refractivity contribution in [3.63, 3.8) is 0 Å². The third-order valence-corrected chi connectivity index (χ3v) is 4.36. The highest BCUT2D eigenvalue weighted by Crippen LogP contribution is 2.24. The third kappa shape index (κ3) is 3.78. The molecule has 0 spiro atoms. The van der Waals surface area contributed by atoms with Crippen LogP contribution in [-0.4, -0.2) is 21.8 Å². The molecule has 2 N–H and O–H groups in total. The Morgan fingerprint density at radius 3 is 2.75 bits per heavy atom. The SMILES string of the molecule is CSc1ccccc1NC(=O)NCc1ccccc1-n1ccnc1. The van der Waals surface area contributed by atoms with Crippen molar-refractivity contribution < 1.29 is 4.79 Å². The van der Waals surface area contributed by atoms with E-state index in [9.17, 15) is 4.79 Å². The molecule has 0 saturated carbocycles. The van der Waals surface area contributed by atoms with Crippen LogP contribution in [0.4, 0.5) is 10.5 Å². The number of para-hydroxylation sites is 2. The summed E-state index contributed by atoms with van der Waals surface area (Å²) in [5.41, 5.74) is 2.83. The number of carbonyl (C=O) groups excluding carboxylic acids is 1. The molecule has 6 heteroatoms. The zero-order chi connectivity index (χ0) is 16.8. The second-order valence-corrected chi connectivity index (χ2v) is 5.95. The van der Waals surface area contributed by atoms with E-state index in [1.165, 1.54) is 0 Å². The summed E-state index contributed by atoms with van der Waals surface area (Å²) in [4.78, 5) is 17.3. The molecule has 5 nitrogen and oxygen atoms in total. The van der Waals surface area contributed by atoms with E-state index < -0.39 is 0 Å². The fraction of sp³-hybridized carbons (Fsp3) is 0.111. The molecule has 0 unspecified atom stereocenters. The van der Waals surface area contributed by atoms with Gasteiger partial charge in [0.15, 0.2) is 0 Å². The van der Waals surface area contributed by atoms with Crippen LogP contribution in [0.3, 0.4) is 0 Å². The van der Waals surface area contributed by atoms with E-state index >= 15 is 0 Å². The number of nitrogens with zero attached hydrogens (tertiary/aromatic N) is 2. The molecular weight excluding hydrogens is 320 g/mol. The number of rotatable bonds is 5. The lowest BCUT2D eigenvalue weighted by Gasteiger charge is -2.13. The quantitative estimate of drug-likeness (QED) is 0.693. The molecule has 0 radical (unpaired) electrons. The molecule has 0 aliphatic rings. The zero-order valence-corrected chi connectivity index (χ0v) is 14.1. The summed E-state index contributed by atoms with van der Waals surface area (Å²) in [6.07, 6.45) is 7.34. The highest BCUT2D eigenvalue weighted by atomic mass is 32.2. The Labute approximate surface area is 145 Å². The van der Waals surface area contributed by atoms with E-state index in [0.29, 0.717) is 6.54 Å². The van der Waals surface area contributed by atoms with Gasteiger partial charge in [-0.25, -0.2) is 9.78 Å². The van der Waals surface area contributed by atoms with Crippen molar-refractivity contribution in [2.45, 2.75) is 11.4 Å². The predicted octanol–water partition coefficient (Wildman–Crippen LogP) is 3.92. The molecule has 2 amide bonds. The van der Waals surface area contributed by atoms with Crippen molar-refractivity contribution in [1.82, 2.24) is 14.9 Å². The number of imidazole rings is 1. The molecule has 2 aromatic carbocycles. The molecule has 0 aliphatic carbocycles. The number of aromatic nitrogens is 2. The summed E-state index contributed by atoms with van der Waals surface area (Å²) in [5, 5.41) is 5.80. The van der Waals surface area contributed by atoms with Gasteiger partial charge in [-0.2, -0.15) is 0 Å². The predicted molar refractivity (Wildman–Crippen MR) is 97.6 cm³/mol. The minimum Gasteiger partial charge on any atom is -0.334 e. The third-order valence-electron chi connectivity index (χ3n) is 3.57. The van der Waals surface area contributed by atoms with Crippen molar-refractivity contribution >= 4 is 23.5 Å². The lowest BCUT2D eigenvalue weighted by molar-refractivity contribution is 0.251. The maximum absolute atomic E-state index is 12.2. The Hall–Kier alpha value is -2.73. The monoisotopic (exact) mass is 338 g/mol. The summed E-state index contributed by atoms with van der Waals surface area (Å²) in [7, 11) is 0. The summed E-state index contributed by atoms with van der Waals surface area (Å²) >= 11 is 1.60. The van der Waals surface area contributed by atoms with Crippen LogP contribution < -0.4 is 10.6 Å². The van der Waals surface area contributed by atoms with Crippen LogP contribution in [0.5, 0.6) is 0 Å². The number of amides is 2. The molecule has 0 fully saturated rings. The summed E-state index contributed by atoms with van der Waals surface area (Å²) in [6.45, 7) is 0.432. The number of benzene rings is 2. The van der Waals surface area contributed by atoms with Gasteiger partial charge in [0.05, 0.1) is 17.7 Å². The van der Waals surface area contributed by atoms with Crippen LogP contribution in [0.1, 0.15) is 5.56 Å². The van der Waals surface area contributed by atoms with Gasteiger partial charge in [0.25, 0.3) is 0 Å². The number of hydrogen-bond donors (Lipinski definition) is 2. The Kier molecular flexibility index (Phi) is 5.18. The minimum absolute atomic E-state index is 0.225. The fourth-order valence-corrected chi connectivity index (χ4v) is 2.96. The first-order valence-electron chi connectivity index (χ1n) is 7.52. The average molecular weight is 338 g/mol. The van der Waals surface area contributed by atoms with E-state index in [4.69, 9.17) is 0 Å². The van der Waals surface area contributed by atoms with Gasteiger partial charge in [0, 0.05) is 23.8 Å². The first-order chi connectivity index (χ1) is 11.8. The zero-order valence-electron chi connectivity index (χ0n) is 13.3. The number of carbonyl (C=O) groups is 1. The number of hydrogen-bond acceptors (Lipinski definition) is 3. The molecular formula is C18H18N4OS. The summed E-state index contributed by atoms with van der Waals surface area (Å²) in [5.74, 6) is 0. The molecule has 0 atom stereocenters. The van der Waals surface area contributed by atoms with Crippen molar-refractivity contribution in [2.24, 2.45) is 0 Å². The average Bonchev–Trinajstić information content (AvgIpc) is 3.15. The van der Waals surface area contributed by atoms with Gasteiger partial charge in [0.2, 0.25) is 0 Å². The Morgan fingerprint density at radius 2 is 1.96 bits per heavy atom. The highest BCUT2D eigenvalue weighted by Gasteiger charge is 2.08. The van der Waals surface area contributed by atoms with Crippen molar-refractivity contribution in [2.75, 3.05) is 11.6 Å². The Balaban J connectivity index is 1.67. The number of thioether (sulfide) groups is 1. The molecule has 3 rings (SSSR count). The van der Waals surface area contributed by atoms with Crippen LogP contribution in [0.25, 0.3) is 5.69 Å². The van der Waals surface area contributed by atoms with Gasteiger partial charge < -0.3 is 15.2 Å². The van der Waals surface area contributed by atoms with Crippen molar-refractivity contribution in [1.29, 1.82) is 0 Å². The second kappa shape index (κ2) is 7.70. The summed E-state index contributed by atoms with van der Waals surface area (Å²) < 4.78 is 1.93. The lowest BCUT2D eigenvalue weighted by Crippen LogP contribution is -2.28. The molecule has 1 aromatic heterocycles. The molecule has 3 aromatic rings. The standard InChI is InChI=1S/C18H18N4OS/c1-24-17-9-5-3-7-15(17)21-18(23)20-12-14-6-2-4-8-16(14)22-11-10-19-13-22/h2-11,13H,12H2,1H3,(H2,20,21,23). The van der Waals surface area contributed by atoms with Crippen molar-refractivity contribution in [3.8, 4) is 5.69 Å². The van der Waals surface area contributed by atoms with Gasteiger partial charge in [-0.1, -0.05) is 30.3 Å². The summed E-state index contributed by atoms with van der Waals surface area (Å²) in [6, 6.07) is 15.4. The maximum atomic E-state index is 12.2. The van der Waals surface area contributed by atoms with E-state index in [-0.39, 0.29) is 6.03 Å². The van der Waals surface area contributed by atoms with Crippen LogP contribution in [-0.2, 0) is 6.54 Å². The Morgan fingerprint density at radius 1 is 1.17 bits per heavy atom. The lowest BCUT2D eigenvalue weighted by atomic mass is 10.1. The van der Waals surface area contributed by atoms with Gasteiger partial charge in [-0.3, -0.25) is 0 Å². The second-order valence-electron chi connectivity index (χ2n) is 5.11. The van der Waals surface area contributed by atoms with E-state index in [0.717, 1.165) is 21.8 Å². The van der Waals surface area contributed by atoms with Gasteiger partial charge in [-0.05, 0) is 30.0 Å². The molecule has 24 heavy (non-hydrogen) atoms. The Bertz CT molecular complexity index is 817. The molecule has 0 aliphatic heterocycles. The van der Waals surface area contributed by atoms with Crippen LogP contribution in [0, 0.1) is 0 Å². The first kappa shape index (κ1) is 16.1. The van der Waals surface area contributed by atoms with Gasteiger partial charge in [0.1, 0.15) is 0 Å². The smallest absolute Gasteiger partial charge is 0.319 e. The number of anilines is 1. The maximum Gasteiger partial charge on any atom is 0.319 e. The molecule has 0 bridgehead atoms. The van der Waals surface area contributed by atoms with E-state index in [2.05, 4.69) is 15.6 Å². The van der Waals surface area contributed by atoms with Crippen LogP contribution >= 0.6 is 11.8 Å². The first-order valence-corrected chi connectivity index (χ1v) is 8.74. The van der Waals surface area contributed by atoms with Crippen LogP contribution in [0.15, 0.2) is 72.1 Å². The van der Waals surface area contributed by atoms with E-state index in [1.807, 2.05) is 65.6 Å². The van der Waals surface area contributed by atoms with Crippen molar-refractivity contribution in [3.05, 3.63) is 72.8 Å². The number of nitrogens with one attached hydrogen (secondary N) is 2. The van der Waals surface area contributed by atoms with Gasteiger partial charge >= 0.3 is 6.03 Å². The number of urea groups is 1. The van der Waals surface area contributed by atoms with E-state index in [1.54, 1.807) is 24.3 Å². The molecule has 1 heterocycles. The van der Waals surface area contributed by atoms with Gasteiger partial charge in [-0.15, -0.1) is 11.8 Å².